The SMILES string of the molecule is C[C@@H]1CCCCN1Cc1ccc(OCc2cccc(-c3cccc(COc4ccc(CN5CCCC[C@H]5C)cc4Br)c3Cl)c2Cl)c(Br)c1. The molecule has 2 aliphatic rings. The number of nitrogens with zero attached hydrogens (tertiary/aromatic N) is 2. The Hall–Kier alpha value is -2.06. The maximum Gasteiger partial charge on any atom is 0.134 e. The summed E-state index contributed by atoms with van der Waals surface area (Å²) in [5, 5.41) is 1.26. The van der Waals surface area contributed by atoms with Crippen molar-refractivity contribution < 1.29 is 9.47 Å². The number of halogens is 4. The van der Waals surface area contributed by atoms with Gasteiger partial charge in [-0.05, 0) is 120 Å². The van der Waals surface area contributed by atoms with Crippen LogP contribution in [0.1, 0.15) is 74.6 Å². The predicted molar refractivity (Wildman–Crippen MR) is 206 cm³/mol. The third-order valence-electron chi connectivity index (χ3n) is 9.86. The van der Waals surface area contributed by atoms with E-state index in [1.807, 2.05) is 48.5 Å². The van der Waals surface area contributed by atoms with Crippen molar-refractivity contribution in [1.29, 1.82) is 0 Å². The summed E-state index contributed by atoms with van der Waals surface area (Å²) in [4.78, 5) is 5.13. The van der Waals surface area contributed by atoms with E-state index in [2.05, 4.69) is 79.8 Å². The molecule has 0 saturated carbocycles. The summed E-state index contributed by atoms with van der Waals surface area (Å²) in [6.07, 6.45) is 7.76. The van der Waals surface area contributed by atoms with Crippen molar-refractivity contribution >= 4 is 55.1 Å². The van der Waals surface area contributed by atoms with Crippen molar-refractivity contribution in [3.05, 3.63) is 114 Å². The van der Waals surface area contributed by atoms with E-state index in [9.17, 15) is 0 Å². The first-order valence-corrected chi connectivity index (χ1v) is 19.5. The lowest BCUT2D eigenvalue weighted by Gasteiger charge is -2.33. The summed E-state index contributed by atoms with van der Waals surface area (Å²) < 4.78 is 14.4. The van der Waals surface area contributed by atoms with E-state index < -0.39 is 0 Å². The molecule has 0 N–H and O–H groups in total. The van der Waals surface area contributed by atoms with Crippen LogP contribution in [0.4, 0.5) is 0 Å². The van der Waals surface area contributed by atoms with Crippen LogP contribution < -0.4 is 9.47 Å². The van der Waals surface area contributed by atoms with Crippen LogP contribution in [0, 0.1) is 0 Å². The maximum absolute atomic E-state index is 7.01. The number of likely N-dealkylation sites (tertiary alicyclic amines) is 2. The smallest absolute Gasteiger partial charge is 0.134 e. The minimum Gasteiger partial charge on any atom is -0.488 e. The third kappa shape index (κ3) is 8.80. The molecule has 48 heavy (non-hydrogen) atoms. The average molecular weight is 816 g/mol. The van der Waals surface area contributed by atoms with Crippen molar-refractivity contribution in [2.75, 3.05) is 13.1 Å². The minimum absolute atomic E-state index is 0.342. The van der Waals surface area contributed by atoms with E-state index in [1.165, 1.54) is 49.7 Å². The Labute approximate surface area is 313 Å². The molecule has 2 aliphatic heterocycles. The second-order valence-electron chi connectivity index (χ2n) is 13.3. The van der Waals surface area contributed by atoms with Gasteiger partial charge in [0.1, 0.15) is 24.7 Å². The largest absolute Gasteiger partial charge is 0.488 e. The first kappa shape index (κ1) is 35.8. The Bertz CT molecular complexity index is 1590. The number of piperidine rings is 2. The highest BCUT2D eigenvalue weighted by molar-refractivity contribution is 9.10. The van der Waals surface area contributed by atoms with Gasteiger partial charge in [0.15, 0.2) is 0 Å². The van der Waals surface area contributed by atoms with Gasteiger partial charge in [0.05, 0.1) is 19.0 Å². The predicted octanol–water partition coefficient (Wildman–Crippen LogP) is 12.1. The van der Waals surface area contributed by atoms with Crippen LogP contribution in [0.3, 0.4) is 0 Å². The molecule has 0 spiro atoms. The van der Waals surface area contributed by atoms with E-state index in [0.717, 1.165) is 68.9 Å². The molecule has 0 bridgehead atoms. The van der Waals surface area contributed by atoms with Gasteiger partial charge in [-0.2, -0.15) is 0 Å². The van der Waals surface area contributed by atoms with Gasteiger partial charge in [0.25, 0.3) is 0 Å². The lowest BCUT2D eigenvalue weighted by molar-refractivity contribution is 0.152. The number of hydrogen-bond acceptors (Lipinski definition) is 4. The van der Waals surface area contributed by atoms with Gasteiger partial charge >= 0.3 is 0 Å². The first-order valence-electron chi connectivity index (χ1n) is 17.1. The fraction of sp³-hybridized carbons (Fsp3) is 0.400. The highest BCUT2D eigenvalue weighted by Crippen LogP contribution is 2.38. The summed E-state index contributed by atoms with van der Waals surface area (Å²) in [5.41, 5.74) is 6.10. The molecule has 2 heterocycles. The molecule has 0 aliphatic carbocycles. The lowest BCUT2D eigenvalue weighted by Crippen LogP contribution is -2.36. The number of hydrogen-bond donors (Lipinski definition) is 0. The molecule has 0 unspecified atom stereocenters. The topological polar surface area (TPSA) is 24.9 Å². The van der Waals surface area contributed by atoms with Crippen molar-refractivity contribution in [2.24, 2.45) is 0 Å². The monoisotopic (exact) mass is 812 g/mol. The number of benzene rings is 4. The van der Waals surface area contributed by atoms with Gasteiger partial charge in [-0.15, -0.1) is 0 Å². The Kier molecular flexibility index (Phi) is 12.5. The number of rotatable bonds is 11. The molecule has 254 valence electrons. The van der Waals surface area contributed by atoms with E-state index in [1.54, 1.807) is 0 Å². The zero-order chi connectivity index (χ0) is 33.6. The molecule has 4 nitrogen and oxygen atoms in total. The van der Waals surface area contributed by atoms with Crippen molar-refractivity contribution in [2.45, 2.75) is 90.8 Å². The molecular formula is C40H44Br2Cl2N2O2. The van der Waals surface area contributed by atoms with E-state index >= 15 is 0 Å². The molecule has 0 aromatic heterocycles. The molecular weight excluding hydrogens is 771 g/mol. The quantitative estimate of drug-likeness (QED) is 0.151. The lowest BCUT2D eigenvalue weighted by atomic mass is 10.0. The molecule has 8 heteroatoms. The highest BCUT2D eigenvalue weighted by Gasteiger charge is 2.20. The Morgan fingerprint density at radius 2 is 1.06 bits per heavy atom. The van der Waals surface area contributed by atoms with Crippen LogP contribution in [0.25, 0.3) is 11.1 Å². The number of ether oxygens (including phenoxy) is 2. The van der Waals surface area contributed by atoms with Crippen molar-refractivity contribution in [3.63, 3.8) is 0 Å². The van der Waals surface area contributed by atoms with E-state index in [-0.39, 0.29) is 0 Å². The Balaban J connectivity index is 1.10. The fourth-order valence-electron chi connectivity index (χ4n) is 6.88. The van der Waals surface area contributed by atoms with Crippen molar-refractivity contribution in [3.8, 4) is 22.6 Å². The van der Waals surface area contributed by atoms with Crippen LogP contribution in [-0.2, 0) is 26.3 Å². The van der Waals surface area contributed by atoms with Gasteiger partial charge in [-0.1, -0.05) is 84.6 Å². The third-order valence-corrected chi connectivity index (χ3v) is 12.0. The molecule has 6 rings (SSSR count). The molecule has 4 aromatic carbocycles. The average Bonchev–Trinajstić information content (AvgIpc) is 3.07. The van der Waals surface area contributed by atoms with Crippen LogP contribution >= 0.6 is 55.1 Å². The van der Waals surface area contributed by atoms with Crippen LogP contribution in [0.2, 0.25) is 10.0 Å². The van der Waals surface area contributed by atoms with Gasteiger partial charge in [-0.3, -0.25) is 9.80 Å². The summed E-state index contributed by atoms with van der Waals surface area (Å²) in [6, 6.07) is 26.0. The minimum atomic E-state index is 0.342. The van der Waals surface area contributed by atoms with E-state index in [4.69, 9.17) is 32.7 Å². The Morgan fingerprint density at radius 3 is 1.46 bits per heavy atom. The summed E-state index contributed by atoms with van der Waals surface area (Å²) in [6.45, 7) is 9.59. The first-order chi connectivity index (χ1) is 23.3. The Morgan fingerprint density at radius 1 is 0.625 bits per heavy atom. The highest BCUT2D eigenvalue weighted by atomic mass is 79.9. The summed E-state index contributed by atoms with van der Waals surface area (Å²) in [5.74, 6) is 1.59. The van der Waals surface area contributed by atoms with Crippen LogP contribution in [0.5, 0.6) is 11.5 Å². The molecule has 2 saturated heterocycles. The van der Waals surface area contributed by atoms with E-state index in [0.29, 0.717) is 35.3 Å². The van der Waals surface area contributed by atoms with Gasteiger partial charge < -0.3 is 9.47 Å². The zero-order valence-corrected chi connectivity index (χ0v) is 32.5. The van der Waals surface area contributed by atoms with Crippen LogP contribution in [-0.4, -0.2) is 35.0 Å². The zero-order valence-electron chi connectivity index (χ0n) is 27.8. The van der Waals surface area contributed by atoms with Gasteiger partial charge in [0.2, 0.25) is 0 Å². The molecule has 2 fully saturated rings. The summed E-state index contributed by atoms with van der Waals surface area (Å²) in [7, 11) is 0. The van der Waals surface area contributed by atoms with Gasteiger partial charge in [0, 0.05) is 47.4 Å². The fourth-order valence-corrected chi connectivity index (χ4v) is 8.53. The normalized spacial score (nSPS) is 19.0. The molecule has 0 radical (unpaired) electrons. The molecule has 0 amide bonds. The van der Waals surface area contributed by atoms with Crippen LogP contribution in [0.15, 0.2) is 81.7 Å². The van der Waals surface area contributed by atoms with Gasteiger partial charge in [-0.25, -0.2) is 0 Å². The van der Waals surface area contributed by atoms with Crippen molar-refractivity contribution in [1.82, 2.24) is 9.80 Å². The standard InChI is InChI=1S/C40H44Br2Cl2N2O2/c1-27-9-3-5-19-45(27)23-29-15-17-37(35(41)21-29)47-25-31-11-7-13-33(39(31)43)34-14-8-12-32(40(34)44)26-48-38-18-16-30(22-36(38)42)24-46-20-6-4-10-28(46)2/h7-8,11-18,21-22,27-28H,3-6,9-10,19-20,23-26H2,1-2H3/t27-,28-/m1/s1. The maximum atomic E-state index is 7.01. The molecule has 4 aromatic rings. The molecule has 2 atom stereocenters. The summed E-state index contributed by atoms with van der Waals surface area (Å²) >= 11 is 21.5. The second kappa shape index (κ2) is 16.8. The second-order valence-corrected chi connectivity index (χ2v) is 15.8.